The molecule has 0 unspecified atom stereocenters. The van der Waals surface area contributed by atoms with E-state index in [4.69, 9.17) is 4.74 Å². The number of ether oxygens (including phenoxy) is 1. The van der Waals surface area contributed by atoms with Gasteiger partial charge in [0.05, 0.1) is 12.8 Å². The molecule has 0 bridgehead atoms. The average molecular weight is 230 g/mol. The number of H-pyrrole nitrogens is 1. The molecule has 2 rings (SSSR count). The number of aryl methyl sites for hydroxylation is 2. The van der Waals surface area contributed by atoms with Crippen molar-refractivity contribution in [1.29, 1.82) is 0 Å². The quantitative estimate of drug-likeness (QED) is 0.859. The summed E-state index contributed by atoms with van der Waals surface area (Å²) >= 11 is 0. The van der Waals surface area contributed by atoms with Gasteiger partial charge in [0.15, 0.2) is 0 Å². The minimum Gasteiger partial charge on any atom is -0.497 e. The Balaban J connectivity index is 2.60. The predicted octanol–water partition coefficient (Wildman–Crippen LogP) is 2.06. The van der Waals surface area contributed by atoms with Crippen LogP contribution >= 0.6 is 0 Å². The Bertz CT molecular complexity index is 603. The van der Waals surface area contributed by atoms with Crippen molar-refractivity contribution in [2.24, 2.45) is 0 Å². The average Bonchev–Trinajstić information content (AvgIpc) is 2.32. The highest BCUT2D eigenvalue weighted by atomic mass is 16.5. The molecule has 0 spiro atoms. The first-order valence-corrected chi connectivity index (χ1v) is 5.33. The number of rotatable bonds is 2. The van der Waals surface area contributed by atoms with Gasteiger partial charge in [0, 0.05) is 11.8 Å². The van der Waals surface area contributed by atoms with Crippen molar-refractivity contribution in [3.63, 3.8) is 0 Å². The first kappa shape index (κ1) is 11.4. The summed E-state index contributed by atoms with van der Waals surface area (Å²) in [5.41, 5.74) is 3.46. The lowest BCUT2D eigenvalue weighted by atomic mass is 10.0. The van der Waals surface area contributed by atoms with Crippen LogP contribution in [0.4, 0.5) is 0 Å². The number of nitrogens with one attached hydrogen (secondary N) is 1. The second kappa shape index (κ2) is 4.41. The van der Waals surface area contributed by atoms with Crippen molar-refractivity contribution in [1.82, 2.24) is 9.97 Å². The Kier molecular flexibility index (Phi) is 2.95. The van der Waals surface area contributed by atoms with Crippen LogP contribution in [0.3, 0.4) is 0 Å². The fourth-order valence-corrected chi connectivity index (χ4v) is 1.78. The molecule has 0 radical (unpaired) electrons. The highest BCUT2D eigenvalue weighted by Crippen LogP contribution is 2.26. The van der Waals surface area contributed by atoms with Gasteiger partial charge in [-0.2, -0.15) is 0 Å². The molecule has 17 heavy (non-hydrogen) atoms. The maximum atomic E-state index is 11.3. The van der Waals surface area contributed by atoms with Crippen molar-refractivity contribution in [3.05, 3.63) is 46.0 Å². The normalized spacial score (nSPS) is 10.3. The van der Waals surface area contributed by atoms with E-state index >= 15 is 0 Å². The van der Waals surface area contributed by atoms with Crippen LogP contribution in [-0.4, -0.2) is 17.1 Å². The maximum absolute atomic E-state index is 11.3. The number of methoxy groups -OCH3 is 1. The lowest BCUT2D eigenvalue weighted by Gasteiger charge is -2.09. The first-order chi connectivity index (χ1) is 8.11. The third-order valence-corrected chi connectivity index (χ3v) is 2.70. The number of aromatic amines is 1. The lowest BCUT2D eigenvalue weighted by Crippen LogP contribution is -2.11. The second-order valence-electron chi connectivity index (χ2n) is 3.93. The molecule has 1 aromatic carbocycles. The van der Waals surface area contributed by atoms with Gasteiger partial charge in [0.1, 0.15) is 5.75 Å². The zero-order valence-corrected chi connectivity index (χ0v) is 10.1. The fourth-order valence-electron chi connectivity index (χ4n) is 1.78. The van der Waals surface area contributed by atoms with E-state index in [-0.39, 0.29) is 5.69 Å². The number of aromatic nitrogens is 2. The monoisotopic (exact) mass is 230 g/mol. The van der Waals surface area contributed by atoms with Gasteiger partial charge in [0.25, 0.3) is 0 Å². The van der Waals surface area contributed by atoms with Crippen LogP contribution in [0.1, 0.15) is 11.1 Å². The van der Waals surface area contributed by atoms with Gasteiger partial charge in [-0.3, -0.25) is 0 Å². The molecule has 0 saturated carbocycles. The van der Waals surface area contributed by atoms with Crippen LogP contribution in [0.15, 0.2) is 29.2 Å². The Morgan fingerprint density at radius 2 is 2.00 bits per heavy atom. The number of hydrogen-bond donors (Lipinski definition) is 1. The molecule has 0 aliphatic heterocycles. The molecule has 0 saturated heterocycles. The molecule has 0 atom stereocenters. The summed E-state index contributed by atoms with van der Waals surface area (Å²) in [6.45, 7) is 3.90. The minimum atomic E-state index is -0.333. The van der Waals surface area contributed by atoms with Gasteiger partial charge in [0.2, 0.25) is 0 Å². The van der Waals surface area contributed by atoms with E-state index in [1.54, 1.807) is 13.3 Å². The molecular weight excluding hydrogens is 216 g/mol. The van der Waals surface area contributed by atoms with E-state index in [1.807, 2.05) is 32.0 Å². The largest absolute Gasteiger partial charge is 0.497 e. The van der Waals surface area contributed by atoms with Gasteiger partial charge >= 0.3 is 5.69 Å². The van der Waals surface area contributed by atoms with Crippen LogP contribution in [-0.2, 0) is 0 Å². The third kappa shape index (κ3) is 2.20. The molecule has 1 N–H and O–H groups in total. The second-order valence-corrected chi connectivity index (χ2v) is 3.93. The molecular formula is C13H14N2O2. The van der Waals surface area contributed by atoms with E-state index in [9.17, 15) is 4.79 Å². The lowest BCUT2D eigenvalue weighted by molar-refractivity contribution is 0.414. The number of nitrogens with zero attached hydrogens (tertiary/aromatic N) is 1. The van der Waals surface area contributed by atoms with Crippen LogP contribution < -0.4 is 10.4 Å². The molecule has 0 fully saturated rings. The van der Waals surface area contributed by atoms with E-state index in [0.29, 0.717) is 0 Å². The molecule has 0 amide bonds. The van der Waals surface area contributed by atoms with Gasteiger partial charge in [-0.05, 0) is 43.2 Å². The summed E-state index contributed by atoms with van der Waals surface area (Å²) in [5.74, 6) is 0.806. The topological polar surface area (TPSA) is 55.0 Å². The van der Waals surface area contributed by atoms with Crippen molar-refractivity contribution < 1.29 is 4.74 Å². The fraction of sp³-hybridized carbons (Fsp3) is 0.231. The summed E-state index contributed by atoms with van der Waals surface area (Å²) in [5, 5.41) is 0. The van der Waals surface area contributed by atoms with Crippen LogP contribution in [0.25, 0.3) is 11.3 Å². The van der Waals surface area contributed by atoms with Crippen LogP contribution in [0, 0.1) is 13.8 Å². The van der Waals surface area contributed by atoms with E-state index in [0.717, 1.165) is 28.1 Å². The summed E-state index contributed by atoms with van der Waals surface area (Å²) in [6.07, 6.45) is 1.58. The van der Waals surface area contributed by atoms with Gasteiger partial charge in [-0.25, -0.2) is 9.78 Å². The number of hydrogen-bond acceptors (Lipinski definition) is 3. The van der Waals surface area contributed by atoms with Crippen molar-refractivity contribution in [3.8, 4) is 17.0 Å². The van der Waals surface area contributed by atoms with Gasteiger partial charge in [-0.15, -0.1) is 0 Å². The molecule has 4 heteroatoms. The Morgan fingerprint density at radius 3 is 2.65 bits per heavy atom. The zero-order chi connectivity index (χ0) is 12.4. The van der Waals surface area contributed by atoms with Crippen molar-refractivity contribution >= 4 is 0 Å². The van der Waals surface area contributed by atoms with Crippen molar-refractivity contribution in [2.75, 3.05) is 7.11 Å². The predicted molar refractivity (Wildman–Crippen MR) is 66.3 cm³/mol. The Morgan fingerprint density at radius 1 is 1.24 bits per heavy atom. The number of benzene rings is 1. The van der Waals surface area contributed by atoms with Gasteiger partial charge < -0.3 is 9.72 Å². The minimum absolute atomic E-state index is 0.333. The molecule has 0 aliphatic carbocycles. The van der Waals surface area contributed by atoms with E-state index in [2.05, 4.69) is 9.97 Å². The molecule has 1 heterocycles. The highest BCUT2D eigenvalue weighted by Gasteiger charge is 2.07. The van der Waals surface area contributed by atoms with Crippen molar-refractivity contribution in [2.45, 2.75) is 13.8 Å². The first-order valence-electron chi connectivity index (χ1n) is 5.33. The van der Waals surface area contributed by atoms with Crippen LogP contribution in [0.5, 0.6) is 5.75 Å². The summed E-state index contributed by atoms with van der Waals surface area (Å²) in [4.78, 5) is 17.7. The summed E-state index contributed by atoms with van der Waals surface area (Å²) in [6, 6.07) is 5.75. The molecule has 0 aliphatic rings. The maximum Gasteiger partial charge on any atom is 0.345 e. The Hall–Kier alpha value is -2.10. The molecule has 88 valence electrons. The smallest absolute Gasteiger partial charge is 0.345 e. The molecule has 1 aromatic heterocycles. The molecule has 2 aromatic rings. The van der Waals surface area contributed by atoms with Crippen LogP contribution in [0.2, 0.25) is 0 Å². The zero-order valence-electron chi connectivity index (χ0n) is 10.1. The highest BCUT2D eigenvalue weighted by molar-refractivity contribution is 5.67. The Labute approximate surface area is 99.3 Å². The third-order valence-electron chi connectivity index (χ3n) is 2.70. The van der Waals surface area contributed by atoms with E-state index < -0.39 is 0 Å². The standard InChI is InChI=1S/C13H14N2O2/c1-8-6-10(17-3)4-5-11(8)12-9(2)7-14-13(16)15-12/h4-7H,1-3H3,(H,14,15,16). The molecule has 4 nitrogen and oxygen atoms in total. The van der Waals surface area contributed by atoms with E-state index in [1.165, 1.54) is 0 Å². The summed E-state index contributed by atoms with van der Waals surface area (Å²) < 4.78 is 5.16. The SMILES string of the molecule is COc1ccc(-c2[nH]c(=O)ncc2C)c(C)c1. The van der Waals surface area contributed by atoms with Gasteiger partial charge in [-0.1, -0.05) is 0 Å². The summed E-state index contributed by atoms with van der Waals surface area (Å²) in [7, 11) is 1.63.